The van der Waals surface area contributed by atoms with Crippen molar-refractivity contribution in [3.63, 3.8) is 0 Å². The molecular weight excluding hydrogens is 178 g/mol. The molecule has 0 aromatic rings. The highest BCUT2D eigenvalue weighted by Gasteiger charge is 2.50. The first-order valence-corrected chi connectivity index (χ1v) is 5.70. The molecule has 2 aliphatic rings. The Balaban J connectivity index is 2.19. The van der Waals surface area contributed by atoms with Crippen LogP contribution in [0.1, 0.15) is 38.5 Å². The first-order valence-electron chi connectivity index (χ1n) is 5.70. The molecule has 3 nitrogen and oxygen atoms in total. The summed E-state index contributed by atoms with van der Waals surface area (Å²) in [5, 5.41) is 9.50. The molecule has 1 spiro atoms. The molecule has 1 atom stereocenters. The van der Waals surface area contributed by atoms with Crippen molar-refractivity contribution >= 4 is 0 Å². The zero-order valence-corrected chi connectivity index (χ0v) is 8.80. The van der Waals surface area contributed by atoms with Gasteiger partial charge in [0.1, 0.15) is 0 Å². The third kappa shape index (κ3) is 1.47. The van der Waals surface area contributed by atoms with Crippen LogP contribution in [-0.4, -0.2) is 30.5 Å². The fourth-order valence-corrected chi connectivity index (χ4v) is 3.17. The summed E-state index contributed by atoms with van der Waals surface area (Å²) in [5.41, 5.74) is 6.19. The van der Waals surface area contributed by atoms with E-state index in [4.69, 9.17) is 10.5 Å². The highest BCUT2D eigenvalue weighted by Crippen LogP contribution is 2.49. The second kappa shape index (κ2) is 3.80. The van der Waals surface area contributed by atoms with Gasteiger partial charge in [-0.15, -0.1) is 0 Å². The fraction of sp³-hybridized carbons (Fsp3) is 1.00. The lowest BCUT2D eigenvalue weighted by Gasteiger charge is -2.53. The first-order chi connectivity index (χ1) is 6.72. The Morgan fingerprint density at radius 1 is 1.07 bits per heavy atom. The largest absolute Gasteiger partial charge is 0.394 e. The van der Waals surface area contributed by atoms with Crippen molar-refractivity contribution in [3.8, 4) is 0 Å². The fourth-order valence-electron chi connectivity index (χ4n) is 3.17. The van der Waals surface area contributed by atoms with Gasteiger partial charge in [-0.05, 0) is 31.1 Å². The van der Waals surface area contributed by atoms with E-state index in [1.165, 1.54) is 19.3 Å². The molecule has 0 aromatic carbocycles. The highest BCUT2D eigenvalue weighted by molar-refractivity contribution is 5.05. The predicted octanol–water partition coefficient (Wildman–Crippen LogP) is 1.05. The lowest BCUT2D eigenvalue weighted by molar-refractivity contribution is -0.0699. The van der Waals surface area contributed by atoms with E-state index in [0.717, 1.165) is 32.5 Å². The van der Waals surface area contributed by atoms with Crippen LogP contribution in [0, 0.1) is 5.41 Å². The van der Waals surface area contributed by atoms with Gasteiger partial charge in [0.15, 0.2) is 0 Å². The summed E-state index contributed by atoms with van der Waals surface area (Å²) < 4.78 is 5.40. The summed E-state index contributed by atoms with van der Waals surface area (Å²) in [6, 6.07) is 0. The maximum absolute atomic E-state index is 9.50. The van der Waals surface area contributed by atoms with Gasteiger partial charge in [-0.2, -0.15) is 0 Å². The van der Waals surface area contributed by atoms with E-state index < -0.39 is 0 Å². The number of aliphatic hydroxyl groups excluding tert-OH is 1. The molecule has 1 heterocycles. The Morgan fingerprint density at radius 3 is 2.36 bits per heavy atom. The van der Waals surface area contributed by atoms with Gasteiger partial charge < -0.3 is 15.6 Å². The van der Waals surface area contributed by atoms with E-state index in [1.807, 2.05) is 0 Å². The number of nitrogens with two attached hydrogens (primary N) is 1. The summed E-state index contributed by atoms with van der Waals surface area (Å²) in [6.07, 6.45) is 6.64. The Bertz CT molecular complexity index is 193. The smallest absolute Gasteiger partial charge is 0.0616 e. The van der Waals surface area contributed by atoms with Crippen molar-refractivity contribution < 1.29 is 9.84 Å². The Kier molecular flexibility index (Phi) is 2.82. The van der Waals surface area contributed by atoms with E-state index in [-0.39, 0.29) is 17.6 Å². The molecule has 3 N–H and O–H groups in total. The number of hydrogen-bond acceptors (Lipinski definition) is 3. The van der Waals surface area contributed by atoms with E-state index in [9.17, 15) is 5.11 Å². The zero-order chi connectivity index (χ0) is 10.1. The van der Waals surface area contributed by atoms with Gasteiger partial charge in [-0.1, -0.05) is 12.8 Å². The van der Waals surface area contributed by atoms with Crippen LogP contribution < -0.4 is 5.73 Å². The predicted molar refractivity (Wildman–Crippen MR) is 55.0 cm³/mol. The quantitative estimate of drug-likeness (QED) is 0.663. The van der Waals surface area contributed by atoms with Crippen molar-refractivity contribution in [3.05, 3.63) is 0 Å². The summed E-state index contributed by atoms with van der Waals surface area (Å²) in [5.74, 6) is 0. The van der Waals surface area contributed by atoms with Gasteiger partial charge in [-0.3, -0.25) is 0 Å². The zero-order valence-electron chi connectivity index (χ0n) is 8.80. The average molecular weight is 199 g/mol. The highest BCUT2D eigenvalue weighted by atomic mass is 16.5. The van der Waals surface area contributed by atoms with E-state index in [0.29, 0.717) is 0 Å². The molecule has 1 aliphatic heterocycles. The Morgan fingerprint density at radius 2 is 1.71 bits per heavy atom. The van der Waals surface area contributed by atoms with Gasteiger partial charge in [0.2, 0.25) is 0 Å². The monoisotopic (exact) mass is 199 g/mol. The molecule has 0 radical (unpaired) electrons. The van der Waals surface area contributed by atoms with Gasteiger partial charge in [0, 0.05) is 18.8 Å². The number of ether oxygens (including phenoxy) is 1. The van der Waals surface area contributed by atoms with Gasteiger partial charge >= 0.3 is 0 Å². The lowest BCUT2D eigenvalue weighted by Crippen LogP contribution is -2.61. The summed E-state index contributed by atoms with van der Waals surface area (Å²) in [6.45, 7) is 1.77. The normalized spacial score (nSPS) is 37.3. The van der Waals surface area contributed by atoms with E-state index >= 15 is 0 Å². The first kappa shape index (κ1) is 10.4. The van der Waals surface area contributed by atoms with Crippen LogP contribution in [-0.2, 0) is 4.74 Å². The van der Waals surface area contributed by atoms with Crippen molar-refractivity contribution in [2.24, 2.45) is 11.1 Å². The molecule has 3 heteroatoms. The maximum atomic E-state index is 9.50. The molecule has 2 rings (SSSR count). The van der Waals surface area contributed by atoms with Gasteiger partial charge in [0.25, 0.3) is 0 Å². The molecule has 0 amide bonds. The van der Waals surface area contributed by atoms with Gasteiger partial charge in [0.05, 0.1) is 6.61 Å². The SMILES string of the molecule is NC1(CO)CCCCC12CCOCC2. The van der Waals surface area contributed by atoms with Crippen LogP contribution in [0.15, 0.2) is 0 Å². The van der Waals surface area contributed by atoms with Crippen LogP contribution in [0.25, 0.3) is 0 Å². The van der Waals surface area contributed by atoms with Crippen molar-refractivity contribution in [2.45, 2.75) is 44.1 Å². The maximum Gasteiger partial charge on any atom is 0.0616 e. The number of rotatable bonds is 1. The van der Waals surface area contributed by atoms with Crippen LogP contribution in [0.4, 0.5) is 0 Å². The Labute approximate surface area is 85.6 Å². The summed E-state index contributed by atoms with van der Waals surface area (Å²) >= 11 is 0. The van der Waals surface area contributed by atoms with Crippen LogP contribution in [0.3, 0.4) is 0 Å². The van der Waals surface area contributed by atoms with Crippen molar-refractivity contribution in [2.75, 3.05) is 19.8 Å². The second-order valence-corrected chi connectivity index (χ2v) is 4.91. The molecule has 1 aliphatic carbocycles. The minimum atomic E-state index is -0.338. The van der Waals surface area contributed by atoms with Crippen molar-refractivity contribution in [1.29, 1.82) is 0 Å². The molecule has 14 heavy (non-hydrogen) atoms. The van der Waals surface area contributed by atoms with Crippen LogP contribution in [0.5, 0.6) is 0 Å². The van der Waals surface area contributed by atoms with Crippen LogP contribution >= 0.6 is 0 Å². The molecule has 82 valence electrons. The van der Waals surface area contributed by atoms with Gasteiger partial charge in [-0.25, -0.2) is 0 Å². The standard InChI is InChI=1S/C11H21NO2/c12-11(9-13)4-2-1-3-10(11)5-7-14-8-6-10/h13H,1-9,12H2. The number of hydrogen-bond donors (Lipinski definition) is 2. The molecule has 2 fully saturated rings. The van der Waals surface area contributed by atoms with E-state index in [1.54, 1.807) is 0 Å². The molecule has 1 saturated heterocycles. The third-order valence-electron chi connectivity index (χ3n) is 4.32. The minimum Gasteiger partial charge on any atom is -0.394 e. The topological polar surface area (TPSA) is 55.5 Å². The molecule has 1 unspecified atom stereocenters. The summed E-state index contributed by atoms with van der Waals surface area (Å²) in [7, 11) is 0. The van der Waals surface area contributed by atoms with Crippen molar-refractivity contribution in [1.82, 2.24) is 0 Å². The van der Waals surface area contributed by atoms with Crippen LogP contribution in [0.2, 0.25) is 0 Å². The minimum absolute atomic E-state index is 0.132. The molecular formula is C11H21NO2. The average Bonchev–Trinajstić information content (AvgIpc) is 2.24. The second-order valence-electron chi connectivity index (χ2n) is 4.91. The summed E-state index contributed by atoms with van der Waals surface area (Å²) in [4.78, 5) is 0. The Hall–Kier alpha value is -0.120. The number of aliphatic hydroxyl groups is 1. The lowest BCUT2D eigenvalue weighted by atomic mass is 9.58. The molecule has 0 bridgehead atoms. The van der Waals surface area contributed by atoms with E-state index in [2.05, 4.69) is 0 Å². The molecule has 0 aromatic heterocycles. The third-order valence-corrected chi connectivity index (χ3v) is 4.32. The molecule has 1 saturated carbocycles.